The van der Waals surface area contributed by atoms with Crippen LogP contribution in [0.25, 0.3) is 0 Å². The largest absolute Gasteiger partial charge is 0.354 e. The first-order chi connectivity index (χ1) is 15.4. The van der Waals surface area contributed by atoms with Crippen molar-refractivity contribution in [2.45, 2.75) is 16.2 Å². The van der Waals surface area contributed by atoms with E-state index in [-0.39, 0.29) is 17.3 Å². The van der Waals surface area contributed by atoms with Crippen molar-refractivity contribution in [1.29, 1.82) is 0 Å². The molecular weight excluding hydrogens is 532 g/mol. The summed E-state index contributed by atoms with van der Waals surface area (Å²) in [6, 6.07) is 22.5. The van der Waals surface area contributed by atoms with Crippen LogP contribution in [-0.2, 0) is 14.8 Å². The smallest absolute Gasteiger partial charge is 0.264 e. The lowest BCUT2D eigenvalue weighted by Crippen LogP contribution is -2.41. The van der Waals surface area contributed by atoms with Crippen LogP contribution in [0.4, 0.5) is 5.69 Å². The number of hydrogen-bond donors (Lipinski definition) is 1. The van der Waals surface area contributed by atoms with Crippen LogP contribution in [0.5, 0.6) is 0 Å². The van der Waals surface area contributed by atoms with Gasteiger partial charge in [0.25, 0.3) is 10.0 Å². The minimum Gasteiger partial charge on any atom is -0.354 e. The van der Waals surface area contributed by atoms with Gasteiger partial charge in [-0.2, -0.15) is 0 Å². The number of hydrogen-bond acceptors (Lipinski definition) is 4. The Morgan fingerprint density at radius 1 is 0.969 bits per heavy atom. The molecular formula is C23H22BrClN2O3S2. The summed E-state index contributed by atoms with van der Waals surface area (Å²) in [4.78, 5) is 13.8. The highest BCUT2D eigenvalue weighted by Crippen LogP contribution is 2.25. The van der Waals surface area contributed by atoms with E-state index >= 15 is 0 Å². The Kier molecular flexibility index (Phi) is 9.04. The molecule has 0 fully saturated rings. The van der Waals surface area contributed by atoms with Gasteiger partial charge in [0.1, 0.15) is 6.54 Å². The van der Waals surface area contributed by atoms with Crippen LogP contribution in [0, 0.1) is 0 Å². The molecule has 0 heterocycles. The van der Waals surface area contributed by atoms with Gasteiger partial charge >= 0.3 is 0 Å². The molecule has 0 atom stereocenters. The SMILES string of the molecule is O=C(CN(c1ccc(Br)cc1)S(=O)(=O)c1ccccc1)NCCCSc1ccc(Cl)cc1. The van der Waals surface area contributed by atoms with Gasteiger partial charge in [-0.25, -0.2) is 8.42 Å². The monoisotopic (exact) mass is 552 g/mol. The van der Waals surface area contributed by atoms with Gasteiger partial charge in [-0.05, 0) is 72.8 Å². The van der Waals surface area contributed by atoms with Crippen molar-refractivity contribution in [1.82, 2.24) is 5.32 Å². The standard InChI is InChI=1S/C23H22BrClN2O3S2/c24-18-7-11-20(12-8-18)27(32(29,30)22-5-2-1-3-6-22)17-23(28)26-15-4-16-31-21-13-9-19(25)10-14-21/h1-3,5-14H,4,15-17H2,(H,26,28). The van der Waals surface area contributed by atoms with Crippen molar-refractivity contribution in [3.8, 4) is 0 Å². The predicted octanol–water partition coefficient (Wildman–Crippen LogP) is 5.60. The number of nitrogens with one attached hydrogen (secondary N) is 1. The van der Waals surface area contributed by atoms with Crippen molar-refractivity contribution in [2.75, 3.05) is 23.1 Å². The van der Waals surface area contributed by atoms with E-state index in [2.05, 4.69) is 21.2 Å². The van der Waals surface area contributed by atoms with Gasteiger partial charge < -0.3 is 5.32 Å². The highest BCUT2D eigenvalue weighted by atomic mass is 79.9. The second-order valence-electron chi connectivity index (χ2n) is 6.81. The zero-order valence-corrected chi connectivity index (χ0v) is 21.1. The second-order valence-corrected chi connectivity index (χ2v) is 11.2. The normalized spacial score (nSPS) is 11.2. The molecule has 0 saturated heterocycles. The van der Waals surface area contributed by atoms with Crippen LogP contribution in [0.2, 0.25) is 5.02 Å². The summed E-state index contributed by atoms with van der Waals surface area (Å²) in [7, 11) is -3.89. The number of amides is 1. The van der Waals surface area contributed by atoms with Crippen LogP contribution < -0.4 is 9.62 Å². The Hall–Kier alpha value is -2.00. The topological polar surface area (TPSA) is 66.5 Å². The van der Waals surface area contributed by atoms with Crippen molar-refractivity contribution < 1.29 is 13.2 Å². The predicted molar refractivity (Wildman–Crippen MR) is 135 cm³/mol. The van der Waals surface area contributed by atoms with E-state index in [9.17, 15) is 13.2 Å². The van der Waals surface area contributed by atoms with E-state index in [0.29, 0.717) is 17.3 Å². The fourth-order valence-corrected chi connectivity index (χ4v) is 5.53. The third kappa shape index (κ3) is 7.00. The van der Waals surface area contributed by atoms with Gasteiger partial charge in [-0.3, -0.25) is 9.10 Å². The van der Waals surface area contributed by atoms with E-state index in [1.54, 1.807) is 54.2 Å². The van der Waals surface area contributed by atoms with Crippen molar-refractivity contribution in [3.05, 3.63) is 88.4 Å². The van der Waals surface area contributed by atoms with Crippen LogP contribution in [0.15, 0.2) is 93.1 Å². The van der Waals surface area contributed by atoms with Gasteiger partial charge in [0.05, 0.1) is 10.6 Å². The molecule has 0 aliphatic heterocycles. The summed E-state index contributed by atoms with van der Waals surface area (Å²) in [6.45, 7) is 0.155. The molecule has 0 aromatic heterocycles. The van der Waals surface area contributed by atoms with Crippen LogP contribution >= 0.6 is 39.3 Å². The zero-order chi connectivity index (χ0) is 23.0. The number of sulfonamides is 1. The van der Waals surface area contributed by atoms with Crippen molar-refractivity contribution in [3.63, 3.8) is 0 Å². The average Bonchev–Trinajstić information content (AvgIpc) is 2.80. The van der Waals surface area contributed by atoms with Crippen molar-refractivity contribution in [2.24, 2.45) is 0 Å². The number of nitrogens with zero attached hydrogens (tertiary/aromatic N) is 1. The quantitative estimate of drug-likeness (QED) is 0.262. The lowest BCUT2D eigenvalue weighted by Gasteiger charge is -2.24. The van der Waals surface area contributed by atoms with Gasteiger partial charge in [-0.1, -0.05) is 45.7 Å². The van der Waals surface area contributed by atoms with Crippen LogP contribution in [0.1, 0.15) is 6.42 Å². The molecule has 1 amide bonds. The molecule has 3 rings (SSSR count). The number of carbonyl (C=O) groups is 1. The molecule has 0 bridgehead atoms. The molecule has 32 heavy (non-hydrogen) atoms. The average molecular weight is 554 g/mol. The molecule has 0 spiro atoms. The summed E-state index contributed by atoms with van der Waals surface area (Å²) in [5.41, 5.74) is 0.422. The summed E-state index contributed by atoms with van der Waals surface area (Å²) in [5.74, 6) is 0.463. The lowest BCUT2D eigenvalue weighted by molar-refractivity contribution is -0.119. The summed E-state index contributed by atoms with van der Waals surface area (Å²) in [5, 5.41) is 3.52. The molecule has 168 valence electrons. The Morgan fingerprint density at radius 2 is 1.62 bits per heavy atom. The summed E-state index contributed by atoms with van der Waals surface area (Å²) < 4.78 is 28.4. The zero-order valence-electron chi connectivity index (χ0n) is 17.1. The molecule has 3 aromatic carbocycles. The maximum Gasteiger partial charge on any atom is 0.264 e. The number of thioether (sulfide) groups is 1. The van der Waals surface area contributed by atoms with Gasteiger partial charge in [0.15, 0.2) is 0 Å². The number of anilines is 1. The van der Waals surface area contributed by atoms with Gasteiger partial charge in [-0.15, -0.1) is 11.8 Å². The van der Waals surface area contributed by atoms with Crippen LogP contribution in [0.3, 0.4) is 0 Å². The molecule has 0 unspecified atom stereocenters. The molecule has 0 saturated carbocycles. The molecule has 5 nitrogen and oxygen atoms in total. The Morgan fingerprint density at radius 3 is 2.28 bits per heavy atom. The maximum atomic E-state index is 13.2. The first-order valence-corrected chi connectivity index (χ1v) is 13.4. The highest BCUT2D eigenvalue weighted by molar-refractivity contribution is 9.10. The van der Waals surface area contributed by atoms with Crippen molar-refractivity contribution >= 4 is 60.9 Å². The first kappa shape index (κ1) is 24.6. The molecule has 0 aliphatic carbocycles. The highest BCUT2D eigenvalue weighted by Gasteiger charge is 2.26. The number of benzene rings is 3. The number of halogens is 2. The Bertz CT molecular complexity index is 1130. The van der Waals surface area contributed by atoms with E-state index in [1.165, 1.54) is 12.1 Å². The fraction of sp³-hybridized carbons (Fsp3) is 0.174. The van der Waals surface area contributed by atoms with E-state index in [0.717, 1.165) is 25.8 Å². The van der Waals surface area contributed by atoms with E-state index < -0.39 is 10.0 Å². The van der Waals surface area contributed by atoms with Gasteiger partial charge in [0, 0.05) is 20.9 Å². The summed E-state index contributed by atoms with van der Waals surface area (Å²) >= 11 is 10.9. The van der Waals surface area contributed by atoms with E-state index in [4.69, 9.17) is 11.6 Å². The minimum atomic E-state index is -3.89. The second kappa shape index (κ2) is 11.7. The molecule has 3 aromatic rings. The van der Waals surface area contributed by atoms with E-state index in [1.807, 2.05) is 24.3 Å². The number of carbonyl (C=O) groups excluding carboxylic acids is 1. The first-order valence-electron chi connectivity index (χ1n) is 9.85. The number of rotatable bonds is 10. The third-order valence-electron chi connectivity index (χ3n) is 4.46. The molecule has 9 heteroatoms. The summed E-state index contributed by atoms with van der Waals surface area (Å²) in [6.07, 6.45) is 0.753. The fourth-order valence-electron chi connectivity index (χ4n) is 2.85. The Labute approximate surface area is 206 Å². The Balaban J connectivity index is 1.61. The third-order valence-corrected chi connectivity index (χ3v) is 8.13. The molecule has 0 aliphatic rings. The minimum absolute atomic E-state index is 0.134. The van der Waals surface area contributed by atoms with Gasteiger partial charge in [0.2, 0.25) is 5.91 Å². The van der Waals surface area contributed by atoms with Crippen LogP contribution in [-0.4, -0.2) is 33.2 Å². The molecule has 1 N–H and O–H groups in total. The lowest BCUT2D eigenvalue weighted by atomic mass is 10.3. The molecule has 0 radical (unpaired) electrons. The maximum absolute atomic E-state index is 13.2.